The predicted octanol–water partition coefficient (Wildman–Crippen LogP) is 5.32. The number of fused-ring (bicyclic) bond motifs is 1. The maximum atomic E-state index is 12.9. The van der Waals surface area contributed by atoms with Crippen LogP contribution in [0, 0.1) is 17.0 Å². The van der Waals surface area contributed by atoms with Crippen molar-refractivity contribution in [2.24, 2.45) is 0 Å². The summed E-state index contributed by atoms with van der Waals surface area (Å²) in [5, 5.41) is 21.7. The van der Waals surface area contributed by atoms with Crippen LogP contribution < -0.4 is 10.3 Å². The third kappa shape index (κ3) is 3.83. The van der Waals surface area contributed by atoms with Gasteiger partial charge in [-0.3, -0.25) is 14.9 Å². The van der Waals surface area contributed by atoms with Crippen LogP contribution in [0.1, 0.15) is 16.3 Å². The molecule has 0 aliphatic heterocycles. The molecular weight excluding hydrogens is 454 g/mol. The highest BCUT2D eigenvalue weighted by Crippen LogP contribution is 2.39. The number of hydrogen-bond acceptors (Lipinski definition) is 7. The fraction of sp³-hybridized carbons (Fsp3) is 0.0909. The van der Waals surface area contributed by atoms with Gasteiger partial charge in [0.15, 0.2) is 11.6 Å². The molecule has 0 bridgehead atoms. The number of aromatic amines is 1. The summed E-state index contributed by atoms with van der Waals surface area (Å²) in [6.45, 7) is 1.92. The molecular formula is C22H16ClN3O5S. The first-order valence-electron chi connectivity index (χ1n) is 9.32. The molecule has 10 heteroatoms. The van der Waals surface area contributed by atoms with Crippen molar-refractivity contribution < 1.29 is 14.8 Å². The van der Waals surface area contributed by atoms with Gasteiger partial charge in [-0.05, 0) is 30.2 Å². The Hall–Kier alpha value is -3.69. The van der Waals surface area contributed by atoms with Gasteiger partial charge in [0, 0.05) is 16.5 Å². The van der Waals surface area contributed by atoms with E-state index in [4.69, 9.17) is 16.3 Å². The summed E-state index contributed by atoms with van der Waals surface area (Å²) in [4.78, 5) is 32.1. The first-order valence-corrected chi connectivity index (χ1v) is 10.5. The Labute approximate surface area is 190 Å². The number of hydrogen-bond donors (Lipinski definition) is 2. The van der Waals surface area contributed by atoms with Crippen molar-refractivity contribution >= 4 is 50.0 Å². The number of nitro groups is 1. The second-order valence-electron chi connectivity index (χ2n) is 6.83. The zero-order valence-corrected chi connectivity index (χ0v) is 18.5. The lowest BCUT2D eigenvalue weighted by atomic mass is 10.0. The zero-order valence-electron chi connectivity index (χ0n) is 16.9. The van der Waals surface area contributed by atoms with E-state index in [2.05, 4.69) is 9.97 Å². The Kier molecular flexibility index (Phi) is 5.68. The topological polar surface area (TPSA) is 118 Å². The molecule has 162 valence electrons. The highest BCUT2D eigenvalue weighted by Gasteiger charge is 2.20. The van der Waals surface area contributed by atoms with Gasteiger partial charge in [-0.25, -0.2) is 4.98 Å². The minimum absolute atomic E-state index is 0.0679. The standard InChI is InChI=1S/C22H16ClN3O5S/c1-11-17(13-6-4-3-5-7-13)18-21(28)24-20(25-22(18)32-11)14(23)8-12-9-15(26(29)30)19(27)16(10-12)31-2/h3-10,27H,1-2H3,(H,24,25,28)/b14-8-. The number of H-pyrrole nitrogens is 1. The van der Waals surface area contributed by atoms with Gasteiger partial charge in [-0.2, -0.15) is 0 Å². The fourth-order valence-electron chi connectivity index (χ4n) is 3.39. The van der Waals surface area contributed by atoms with Crippen molar-refractivity contribution in [3.8, 4) is 22.6 Å². The van der Waals surface area contributed by atoms with Gasteiger partial charge in [0.05, 0.1) is 22.5 Å². The molecule has 8 nitrogen and oxygen atoms in total. The molecule has 0 amide bonds. The SMILES string of the molecule is COc1cc(/C=C(\Cl)c2nc3sc(C)c(-c4ccccc4)c3c(=O)[nH]2)cc([N+](=O)[O-])c1O. The first-order chi connectivity index (χ1) is 15.3. The Morgan fingerprint density at radius 3 is 2.69 bits per heavy atom. The normalized spacial score (nSPS) is 11.7. The second kappa shape index (κ2) is 8.45. The molecule has 4 aromatic rings. The van der Waals surface area contributed by atoms with Crippen molar-refractivity contribution in [2.45, 2.75) is 6.92 Å². The lowest BCUT2D eigenvalue weighted by molar-refractivity contribution is -0.386. The molecule has 2 aromatic heterocycles. The number of benzene rings is 2. The number of nitrogens with one attached hydrogen (secondary N) is 1. The molecule has 32 heavy (non-hydrogen) atoms. The van der Waals surface area contributed by atoms with E-state index >= 15 is 0 Å². The summed E-state index contributed by atoms with van der Waals surface area (Å²) in [5.41, 5.74) is 1.17. The summed E-state index contributed by atoms with van der Waals surface area (Å²) >= 11 is 7.78. The van der Waals surface area contributed by atoms with E-state index in [0.717, 1.165) is 22.1 Å². The molecule has 2 aromatic carbocycles. The number of nitrogens with zero attached hydrogens (tertiary/aromatic N) is 2. The summed E-state index contributed by atoms with van der Waals surface area (Å²) < 4.78 is 5.00. The Morgan fingerprint density at radius 2 is 2.03 bits per heavy atom. The predicted molar refractivity (Wildman–Crippen MR) is 125 cm³/mol. The van der Waals surface area contributed by atoms with Gasteiger partial charge in [-0.1, -0.05) is 41.9 Å². The number of thiophene rings is 1. The van der Waals surface area contributed by atoms with Crippen LogP contribution >= 0.6 is 22.9 Å². The minimum Gasteiger partial charge on any atom is -0.500 e. The maximum absolute atomic E-state index is 12.9. The number of ether oxygens (including phenoxy) is 1. The maximum Gasteiger partial charge on any atom is 0.315 e. The molecule has 0 atom stereocenters. The van der Waals surface area contributed by atoms with Crippen LogP contribution in [0.5, 0.6) is 11.5 Å². The van der Waals surface area contributed by atoms with Crippen molar-refractivity contribution in [1.82, 2.24) is 9.97 Å². The number of halogens is 1. The van der Waals surface area contributed by atoms with Crippen molar-refractivity contribution in [2.75, 3.05) is 7.11 Å². The van der Waals surface area contributed by atoms with Crippen LogP contribution in [0.15, 0.2) is 47.3 Å². The monoisotopic (exact) mass is 469 g/mol. The molecule has 0 aliphatic carbocycles. The van der Waals surface area contributed by atoms with Gasteiger partial charge in [0.25, 0.3) is 5.56 Å². The highest BCUT2D eigenvalue weighted by atomic mass is 35.5. The second-order valence-corrected chi connectivity index (χ2v) is 8.44. The fourth-order valence-corrected chi connectivity index (χ4v) is 4.65. The zero-order chi connectivity index (χ0) is 23.0. The van der Waals surface area contributed by atoms with E-state index in [1.165, 1.54) is 30.6 Å². The lowest BCUT2D eigenvalue weighted by Crippen LogP contribution is -2.10. The Balaban J connectivity index is 1.83. The van der Waals surface area contributed by atoms with E-state index in [1.807, 2.05) is 37.3 Å². The summed E-state index contributed by atoms with van der Waals surface area (Å²) in [5.74, 6) is -0.533. The molecule has 0 saturated heterocycles. The Bertz CT molecular complexity index is 1440. The number of aromatic nitrogens is 2. The van der Waals surface area contributed by atoms with Crippen LogP contribution in [0.3, 0.4) is 0 Å². The van der Waals surface area contributed by atoms with E-state index in [-0.39, 0.29) is 22.2 Å². The third-order valence-electron chi connectivity index (χ3n) is 4.81. The van der Waals surface area contributed by atoms with Crippen molar-refractivity contribution in [3.63, 3.8) is 0 Å². The number of nitro benzene ring substituents is 1. The number of phenols is 1. The molecule has 0 saturated carbocycles. The molecule has 2 heterocycles. The van der Waals surface area contributed by atoms with E-state index in [1.54, 1.807) is 0 Å². The van der Waals surface area contributed by atoms with Gasteiger partial charge >= 0.3 is 5.69 Å². The molecule has 0 unspecified atom stereocenters. The van der Waals surface area contributed by atoms with Crippen molar-refractivity contribution in [3.05, 3.63) is 79.2 Å². The average molecular weight is 470 g/mol. The molecule has 0 spiro atoms. The minimum atomic E-state index is -0.727. The molecule has 0 radical (unpaired) electrons. The number of phenolic OH excluding ortho intramolecular Hbond substituents is 1. The molecule has 0 aliphatic rings. The van der Waals surface area contributed by atoms with Crippen LogP contribution in [0.25, 0.3) is 32.5 Å². The highest BCUT2D eigenvalue weighted by molar-refractivity contribution is 7.19. The van der Waals surface area contributed by atoms with Crippen LogP contribution in [-0.2, 0) is 0 Å². The molecule has 4 rings (SSSR count). The number of rotatable bonds is 5. The molecule has 2 N–H and O–H groups in total. The Morgan fingerprint density at radius 1 is 1.31 bits per heavy atom. The van der Waals surface area contributed by atoms with Crippen LogP contribution in [0.2, 0.25) is 0 Å². The first kappa shape index (κ1) is 21.5. The van der Waals surface area contributed by atoms with Gasteiger partial charge in [0.1, 0.15) is 4.83 Å². The van der Waals surface area contributed by atoms with Crippen LogP contribution in [-0.4, -0.2) is 27.1 Å². The number of aryl methyl sites for hydroxylation is 1. The number of methoxy groups -OCH3 is 1. The molecule has 0 fully saturated rings. The van der Waals surface area contributed by atoms with Crippen molar-refractivity contribution in [1.29, 1.82) is 0 Å². The summed E-state index contributed by atoms with van der Waals surface area (Å²) in [6, 6.07) is 12.1. The van der Waals surface area contributed by atoms with E-state index in [0.29, 0.717) is 15.8 Å². The number of aromatic hydroxyl groups is 1. The quantitative estimate of drug-likeness (QED) is 0.301. The van der Waals surface area contributed by atoms with Gasteiger partial charge in [0.2, 0.25) is 5.75 Å². The van der Waals surface area contributed by atoms with Crippen LogP contribution in [0.4, 0.5) is 5.69 Å². The largest absolute Gasteiger partial charge is 0.500 e. The third-order valence-corrected chi connectivity index (χ3v) is 6.10. The summed E-state index contributed by atoms with van der Waals surface area (Å²) in [6.07, 6.45) is 1.40. The van der Waals surface area contributed by atoms with Gasteiger partial charge in [-0.15, -0.1) is 11.3 Å². The summed E-state index contributed by atoms with van der Waals surface area (Å²) in [7, 11) is 1.28. The van der Waals surface area contributed by atoms with E-state index in [9.17, 15) is 20.0 Å². The average Bonchev–Trinajstić information content (AvgIpc) is 3.11. The smallest absolute Gasteiger partial charge is 0.315 e. The lowest BCUT2D eigenvalue weighted by Gasteiger charge is -2.06. The van der Waals surface area contributed by atoms with Gasteiger partial charge < -0.3 is 14.8 Å². The van der Waals surface area contributed by atoms with E-state index < -0.39 is 16.4 Å².